The normalized spacial score (nSPS) is 11.6. The number of hydrogen-bond acceptors (Lipinski definition) is 3. The highest BCUT2D eigenvalue weighted by Gasteiger charge is 2.20. The summed E-state index contributed by atoms with van der Waals surface area (Å²) in [6.07, 6.45) is 0. The molecule has 55 heavy (non-hydrogen) atoms. The summed E-state index contributed by atoms with van der Waals surface area (Å²) in [6.45, 7) is 0. The van der Waals surface area contributed by atoms with Crippen LogP contribution in [0.1, 0.15) is 0 Å². The lowest BCUT2D eigenvalue weighted by Crippen LogP contribution is -2.10. The van der Waals surface area contributed by atoms with Gasteiger partial charge in [-0.1, -0.05) is 133 Å². The first-order chi connectivity index (χ1) is 27.2. The Bertz CT molecular complexity index is 3220. The molecule has 11 rings (SSSR count). The van der Waals surface area contributed by atoms with E-state index in [0.717, 1.165) is 83.2 Å². The van der Waals surface area contributed by atoms with E-state index in [1.807, 2.05) is 24.3 Å². The molecule has 2 aromatic heterocycles. The van der Waals surface area contributed by atoms with Crippen molar-refractivity contribution in [2.24, 2.45) is 0 Å². The van der Waals surface area contributed by atoms with Gasteiger partial charge < -0.3 is 13.7 Å². The van der Waals surface area contributed by atoms with Crippen LogP contribution < -0.4 is 4.90 Å². The fourth-order valence-corrected chi connectivity index (χ4v) is 8.25. The van der Waals surface area contributed by atoms with Crippen molar-refractivity contribution < 1.29 is 8.83 Å². The third kappa shape index (κ3) is 5.28. The molecule has 0 bridgehead atoms. The zero-order valence-corrected chi connectivity index (χ0v) is 29.8. The van der Waals surface area contributed by atoms with Crippen LogP contribution in [0.3, 0.4) is 0 Å². The van der Waals surface area contributed by atoms with E-state index in [9.17, 15) is 0 Å². The van der Waals surface area contributed by atoms with Crippen molar-refractivity contribution in [3.63, 3.8) is 0 Å². The summed E-state index contributed by atoms with van der Waals surface area (Å²) >= 11 is 0. The zero-order chi connectivity index (χ0) is 36.3. The molecule has 2 heterocycles. The Morgan fingerprint density at radius 1 is 0.309 bits per heavy atom. The Hall–Kier alpha value is -7.36. The molecule has 0 aliphatic carbocycles. The third-order valence-corrected chi connectivity index (χ3v) is 10.9. The van der Waals surface area contributed by atoms with Crippen molar-refractivity contribution in [2.75, 3.05) is 4.90 Å². The standard InChI is InChI=1S/C52H33NO2/c1-2-17-42-35(11-1)12-9-20-43(42)39-15-7-13-36(31-39)37-14-8-16-41(32-37)53(47-21-10-24-51-52(47)45-19-4-6-23-49(45)55-51)40-28-25-34(26-29-40)38-27-30-50-46(33-38)44-18-3-5-22-48(44)54-50/h1-33H. The van der Waals surface area contributed by atoms with Gasteiger partial charge in [0.05, 0.1) is 11.1 Å². The van der Waals surface area contributed by atoms with Gasteiger partial charge >= 0.3 is 0 Å². The summed E-state index contributed by atoms with van der Waals surface area (Å²) in [5, 5.41) is 6.93. The first-order valence-corrected chi connectivity index (χ1v) is 18.7. The van der Waals surface area contributed by atoms with Crippen LogP contribution in [0.15, 0.2) is 209 Å². The summed E-state index contributed by atoms with van der Waals surface area (Å²) in [7, 11) is 0. The van der Waals surface area contributed by atoms with Crippen LogP contribution in [0.4, 0.5) is 17.1 Å². The van der Waals surface area contributed by atoms with Gasteiger partial charge in [0.15, 0.2) is 0 Å². The molecule has 0 saturated heterocycles. The number of rotatable bonds is 6. The SMILES string of the molecule is c1cc(-c2cccc(N(c3ccc(-c4ccc5oc6ccccc6c5c4)cc3)c3cccc4oc5ccccc5c34)c2)cc(-c2cccc3ccccc23)c1. The van der Waals surface area contributed by atoms with E-state index < -0.39 is 0 Å². The second-order valence-corrected chi connectivity index (χ2v) is 14.1. The summed E-state index contributed by atoms with van der Waals surface area (Å²) in [6, 6.07) is 71.1. The van der Waals surface area contributed by atoms with Crippen LogP contribution in [-0.2, 0) is 0 Å². The minimum absolute atomic E-state index is 0.861. The van der Waals surface area contributed by atoms with Crippen LogP contribution >= 0.6 is 0 Å². The molecule has 0 saturated carbocycles. The molecule has 0 spiro atoms. The number of nitrogens with zero attached hydrogens (tertiary/aromatic N) is 1. The second kappa shape index (κ2) is 12.6. The minimum atomic E-state index is 0.861. The zero-order valence-electron chi connectivity index (χ0n) is 29.8. The minimum Gasteiger partial charge on any atom is -0.456 e. The molecule has 0 aliphatic rings. The van der Waals surface area contributed by atoms with Gasteiger partial charge in [0, 0.05) is 27.5 Å². The highest BCUT2D eigenvalue weighted by atomic mass is 16.3. The lowest BCUT2D eigenvalue weighted by Gasteiger charge is -2.27. The van der Waals surface area contributed by atoms with E-state index in [2.05, 4.69) is 181 Å². The predicted molar refractivity (Wildman–Crippen MR) is 229 cm³/mol. The van der Waals surface area contributed by atoms with E-state index in [-0.39, 0.29) is 0 Å². The highest BCUT2D eigenvalue weighted by Crippen LogP contribution is 2.44. The van der Waals surface area contributed by atoms with Crippen LogP contribution in [-0.4, -0.2) is 0 Å². The Labute approximate surface area is 317 Å². The van der Waals surface area contributed by atoms with Gasteiger partial charge in [-0.2, -0.15) is 0 Å². The van der Waals surface area contributed by atoms with Crippen LogP contribution in [0.25, 0.3) is 88.0 Å². The highest BCUT2D eigenvalue weighted by molar-refractivity contribution is 6.13. The van der Waals surface area contributed by atoms with Crippen molar-refractivity contribution in [2.45, 2.75) is 0 Å². The van der Waals surface area contributed by atoms with Crippen molar-refractivity contribution >= 4 is 71.7 Å². The van der Waals surface area contributed by atoms with Gasteiger partial charge in [-0.05, 0) is 111 Å². The molecule has 9 aromatic carbocycles. The quantitative estimate of drug-likeness (QED) is 0.173. The van der Waals surface area contributed by atoms with Crippen LogP contribution in [0, 0.1) is 0 Å². The first-order valence-electron chi connectivity index (χ1n) is 18.7. The number of fused-ring (bicyclic) bond motifs is 7. The molecular weight excluding hydrogens is 671 g/mol. The van der Waals surface area contributed by atoms with Gasteiger partial charge in [0.1, 0.15) is 22.3 Å². The maximum absolute atomic E-state index is 6.40. The van der Waals surface area contributed by atoms with E-state index in [0.29, 0.717) is 0 Å². The van der Waals surface area contributed by atoms with Gasteiger partial charge in [-0.3, -0.25) is 0 Å². The van der Waals surface area contributed by atoms with E-state index in [1.54, 1.807) is 0 Å². The van der Waals surface area contributed by atoms with Gasteiger partial charge in [0.25, 0.3) is 0 Å². The maximum Gasteiger partial charge on any atom is 0.137 e. The summed E-state index contributed by atoms with van der Waals surface area (Å²) in [5.74, 6) is 0. The largest absolute Gasteiger partial charge is 0.456 e. The van der Waals surface area contributed by atoms with Gasteiger partial charge in [-0.15, -0.1) is 0 Å². The number of furan rings is 2. The predicted octanol–water partition coefficient (Wildman–Crippen LogP) is 15.1. The van der Waals surface area contributed by atoms with Crippen molar-refractivity contribution in [3.8, 4) is 33.4 Å². The van der Waals surface area contributed by atoms with E-state index in [1.165, 1.54) is 21.9 Å². The Kier molecular flexibility index (Phi) is 7.17. The fourth-order valence-electron chi connectivity index (χ4n) is 8.25. The van der Waals surface area contributed by atoms with Gasteiger partial charge in [-0.25, -0.2) is 0 Å². The summed E-state index contributed by atoms with van der Waals surface area (Å²) in [4.78, 5) is 2.36. The average Bonchev–Trinajstić information content (AvgIpc) is 3.83. The monoisotopic (exact) mass is 703 g/mol. The Morgan fingerprint density at radius 3 is 1.76 bits per heavy atom. The molecule has 0 fully saturated rings. The van der Waals surface area contributed by atoms with Crippen LogP contribution in [0.2, 0.25) is 0 Å². The van der Waals surface area contributed by atoms with Crippen molar-refractivity contribution in [1.29, 1.82) is 0 Å². The number of para-hydroxylation sites is 2. The maximum atomic E-state index is 6.40. The van der Waals surface area contributed by atoms with Crippen molar-refractivity contribution in [3.05, 3.63) is 200 Å². The molecule has 0 unspecified atom stereocenters. The van der Waals surface area contributed by atoms with Crippen molar-refractivity contribution in [1.82, 2.24) is 0 Å². The number of anilines is 3. The molecule has 0 N–H and O–H groups in total. The second-order valence-electron chi connectivity index (χ2n) is 14.1. The molecular formula is C52H33NO2. The third-order valence-electron chi connectivity index (χ3n) is 10.9. The molecule has 0 radical (unpaired) electrons. The van der Waals surface area contributed by atoms with E-state index in [4.69, 9.17) is 8.83 Å². The summed E-state index contributed by atoms with van der Waals surface area (Å²) < 4.78 is 12.5. The molecule has 11 aromatic rings. The fraction of sp³-hybridized carbons (Fsp3) is 0. The molecule has 3 heteroatoms. The molecule has 3 nitrogen and oxygen atoms in total. The number of hydrogen-bond donors (Lipinski definition) is 0. The lowest BCUT2D eigenvalue weighted by atomic mass is 9.95. The molecule has 0 atom stereocenters. The Balaban J connectivity index is 1.05. The summed E-state index contributed by atoms with van der Waals surface area (Å²) in [5.41, 5.74) is 13.7. The molecule has 0 amide bonds. The van der Waals surface area contributed by atoms with Crippen LogP contribution in [0.5, 0.6) is 0 Å². The molecule has 0 aliphatic heterocycles. The number of benzene rings is 9. The van der Waals surface area contributed by atoms with E-state index >= 15 is 0 Å². The Morgan fingerprint density at radius 2 is 0.891 bits per heavy atom. The molecule has 258 valence electrons. The smallest absolute Gasteiger partial charge is 0.137 e. The van der Waals surface area contributed by atoms with Gasteiger partial charge in [0.2, 0.25) is 0 Å². The average molecular weight is 704 g/mol. The lowest BCUT2D eigenvalue weighted by molar-refractivity contribution is 0.668. The topological polar surface area (TPSA) is 29.5 Å². The first kappa shape index (κ1) is 31.2.